The Hall–Kier alpha value is -4.95. The summed E-state index contributed by atoms with van der Waals surface area (Å²) >= 11 is 0. The lowest BCUT2D eigenvalue weighted by Crippen LogP contribution is -2.58. The van der Waals surface area contributed by atoms with Crippen LogP contribution in [0.4, 0.5) is 0 Å². The number of phenols is 1. The molecule has 0 fully saturated rings. The molecule has 1 heterocycles. The molecule has 0 aliphatic carbocycles. The average molecular weight is 583 g/mol. The quantitative estimate of drug-likeness (QED) is 0.104. The van der Waals surface area contributed by atoms with Crippen molar-refractivity contribution < 1.29 is 39.3 Å². The van der Waals surface area contributed by atoms with Crippen molar-refractivity contribution in [2.45, 2.75) is 49.9 Å². The zero-order valence-electron chi connectivity index (χ0n) is 22.6. The van der Waals surface area contributed by atoms with Crippen LogP contribution in [0.25, 0.3) is 10.9 Å². The highest BCUT2D eigenvalue weighted by atomic mass is 16.4. The maximum Gasteiger partial charge on any atom is 0.328 e. The van der Waals surface area contributed by atoms with Gasteiger partial charge in [0.1, 0.15) is 23.9 Å². The summed E-state index contributed by atoms with van der Waals surface area (Å²) in [6.45, 7) is -0.884. The van der Waals surface area contributed by atoms with Crippen molar-refractivity contribution >= 4 is 40.5 Å². The molecule has 3 rings (SSSR count). The van der Waals surface area contributed by atoms with Crippen LogP contribution in [0.5, 0.6) is 5.75 Å². The smallest absolute Gasteiger partial charge is 0.328 e. The summed E-state index contributed by atoms with van der Waals surface area (Å²) in [5.41, 5.74) is 13.4. The summed E-state index contributed by atoms with van der Waals surface area (Å²) in [5, 5.41) is 36.1. The van der Waals surface area contributed by atoms with Crippen LogP contribution < -0.4 is 27.4 Å². The molecule has 1 aromatic heterocycles. The number of aliphatic hydroxyl groups excluding tert-OH is 1. The van der Waals surface area contributed by atoms with Gasteiger partial charge in [0.05, 0.1) is 12.6 Å². The molecular formula is C28H34N6O8. The Labute approximate surface area is 240 Å². The summed E-state index contributed by atoms with van der Waals surface area (Å²) in [6, 6.07) is 7.91. The SMILES string of the molecule is NC(=O)CCC(NC(=O)C(N)Cc1ccc(O)cc1)C(=O)NC(Cc1c[nH]c2ccccc12)C(=O)NC(CO)C(=O)O. The number of hydrogen-bond acceptors (Lipinski definition) is 8. The average Bonchev–Trinajstić information content (AvgIpc) is 3.36. The third kappa shape index (κ3) is 8.78. The van der Waals surface area contributed by atoms with Gasteiger partial charge >= 0.3 is 5.97 Å². The Morgan fingerprint density at radius 3 is 2.10 bits per heavy atom. The zero-order chi connectivity index (χ0) is 30.8. The number of carboxylic acids is 1. The summed E-state index contributed by atoms with van der Waals surface area (Å²) < 4.78 is 0. The van der Waals surface area contributed by atoms with Gasteiger partial charge in [-0.15, -0.1) is 0 Å². The van der Waals surface area contributed by atoms with E-state index < -0.39 is 60.4 Å². The normalized spacial score (nSPS) is 13.9. The standard InChI is InChI=1S/C28H34N6O8/c29-19(11-15-5-7-17(36)8-6-15)25(38)32-21(9-10-24(30)37)26(39)33-22(27(40)34-23(14-35)28(41)42)12-16-13-31-20-4-2-1-3-18(16)20/h1-8,13,19,21-23,31,35-36H,9-12,14,29H2,(H2,30,37)(H,32,38)(H,33,39)(H,34,40)(H,41,42). The molecule has 14 heteroatoms. The molecule has 0 bridgehead atoms. The van der Waals surface area contributed by atoms with E-state index in [1.807, 2.05) is 12.1 Å². The second-order valence-corrected chi connectivity index (χ2v) is 9.75. The number of H-pyrrole nitrogens is 1. The van der Waals surface area contributed by atoms with Crippen LogP contribution in [-0.4, -0.2) is 80.7 Å². The van der Waals surface area contributed by atoms with Crippen LogP contribution in [0.1, 0.15) is 24.0 Å². The molecule has 2 aromatic carbocycles. The first-order chi connectivity index (χ1) is 20.0. The van der Waals surface area contributed by atoms with Crippen molar-refractivity contribution in [3.05, 3.63) is 65.9 Å². The summed E-state index contributed by atoms with van der Waals surface area (Å²) in [6.07, 6.45) is 1.19. The number of aromatic nitrogens is 1. The number of nitrogens with one attached hydrogen (secondary N) is 4. The molecule has 224 valence electrons. The van der Waals surface area contributed by atoms with Crippen LogP contribution in [-0.2, 0) is 36.8 Å². The molecule has 4 amide bonds. The van der Waals surface area contributed by atoms with E-state index in [4.69, 9.17) is 11.5 Å². The number of carbonyl (C=O) groups excluding carboxylic acids is 4. The Morgan fingerprint density at radius 2 is 1.45 bits per heavy atom. The number of amides is 4. The van der Waals surface area contributed by atoms with Gasteiger partial charge in [0.2, 0.25) is 23.6 Å². The highest BCUT2D eigenvalue weighted by molar-refractivity contribution is 5.95. The van der Waals surface area contributed by atoms with Crippen molar-refractivity contribution in [1.29, 1.82) is 0 Å². The summed E-state index contributed by atoms with van der Waals surface area (Å²) in [5.74, 6) is -4.60. The predicted octanol–water partition coefficient (Wildman–Crippen LogP) is -1.22. The number of fused-ring (bicyclic) bond motifs is 1. The van der Waals surface area contributed by atoms with Crippen LogP contribution in [0.3, 0.4) is 0 Å². The molecule has 0 aliphatic heterocycles. The van der Waals surface area contributed by atoms with Gasteiger partial charge in [-0.05, 0) is 42.2 Å². The van der Waals surface area contributed by atoms with Crippen LogP contribution >= 0.6 is 0 Å². The molecule has 42 heavy (non-hydrogen) atoms. The van der Waals surface area contributed by atoms with E-state index >= 15 is 0 Å². The van der Waals surface area contributed by atoms with E-state index in [9.17, 15) is 39.3 Å². The van der Waals surface area contributed by atoms with Gasteiger partial charge in [0, 0.05) is 29.9 Å². The second kappa shape index (κ2) is 14.6. The first-order valence-corrected chi connectivity index (χ1v) is 13.1. The number of carboxylic acid groups (broad SMARTS) is 1. The maximum atomic E-state index is 13.4. The van der Waals surface area contributed by atoms with Crippen LogP contribution in [0, 0.1) is 0 Å². The topological polar surface area (TPSA) is 250 Å². The van der Waals surface area contributed by atoms with E-state index in [1.165, 1.54) is 12.1 Å². The number of phenolic OH excluding ortho intramolecular Hbond substituents is 1. The van der Waals surface area contributed by atoms with E-state index in [0.29, 0.717) is 11.1 Å². The number of nitrogens with two attached hydrogens (primary N) is 2. The Kier molecular flexibility index (Phi) is 11.0. The summed E-state index contributed by atoms with van der Waals surface area (Å²) in [7, 11) is 0. The Bertz CT molecular complexity index is 1420. The molecule has 0 spiro atoms. The van der Waals surface area contributed by atoms with Crippen molar-refractivity contribution in [2.24, 2.45) is 11.5 Å². The van der Waals surface area contributed by atoms with Gasteiger partial charge in [-0.3, -0.25) is 19.2 Å². The lowest BCUT2D eigenvalue weighted by Gasteiger charge is -2.25. The minimum Gasteiger partial charge on any atom is -0.508 e. The number of aliphatic carboxylic acids is 1. The third-order valence-electron chi connectivity index (χ3n) is 6.57. The van der Waals surface area contributed by atoms with Crippen molar-refractivity contribution in [1.82, 2.24) is 20.9 Å². The largest absolute Gasteiger partial charge is 0.508 e. The van der Waals surface area contributed by atoms with Gasteiger partial charge in [-0.2, -0.15) is 0 Å². The first kappa shape index (κ1) is 31.6. The van der Waals surface area contributed by atoms with E-state index in [1.54, 1.807) is 30.5 Å². The highest BCUT2D eigenvalue weighted by Crippen LogP contribution is 2.19. The first-order valence-electron chi connectivity index (χ1n) is 13.1. The predicted molar refractivity (Wildman–Crippen MR) is 151 cm³/mol. The molecule has 0 saturated heterocycles. The van der Waals surface area contributed by atoms with Crippen LogP contribution in [0.2, 0.25) is 0 Å². The minimum absolute atomic E-state index is 0.0415. The number of aromatic amines is 1. The van der Waals surface area contributed by atoms with Crippen LogP contribution in [0.15, 0.2) is 54.7 Å². The second-order valence-electron chi connectivity index (χ2n) is 9.75. The van der Waals surface area contributed by atoms with E-state index in [-0.39, 0.29) is 31.4 Å². The van der Waals surface area contributed by atoms with E-state index in [0.717, 1.165) is 10.9 Å². The number of primary amides is 1. The number of carbonyl (C=O) groups is 5. The molecule has 0 aliphatic rings. The van der Waals surface area contributed by atoms with Gasteiger partial charge in [-0.25, -0.2) is 4.79 Å². The molecule has 0 radical (unpaired) electrons. The maximum absolute atomic E-state index is 13.4. The number of aliphatic hydroxyl groups is 1. The molecule has 4 atom stereocenters. The Morgan fingerprint density at radius 1 is 0.833 bits per heavy atom. The summed E-state index contributed by atoms with van der Waals surface area (Å²) in [4.78, 5) is 65.4. The third-order valence-corrected chi connectivity index (χ3v) is 6.57. The highest BCUT2D eigenvalue weighted by Gasteiger charge is 2.31. The van der Waals surface area contributed by atoms with Gasteiger partial charge in [0.15, 0.2) is 0 Å². The van der Waals surface area contributed by atoms with Crippen molar-refractivity contribution in [2.75, 3.05) is 6.61 Å². The van der Waals surface area contributed by atoms with Gasteiger partial charge in [0.25, 0.3) is 0 Å². The molecule has 4 unspecified atom stereocenters. The van der Waals surface area contributed by atoms with Gasteiger partial charge < -0.3 is 47.7 Å². The number of hydrogen-bond donors (Lipinski definition) is 9. The fourth-order valence-corrected chi connectivity index (χ4v) is 4.27. The number of aromatic hydroxyl groups is 1. The lowest BCUT2D eigenvalue weighted by molar-refractivity contribution is -0.143. The van der Waals surface area contributed by atoms with E-state index in [2.05, 4.69) is 20.9 Å². The molecule has 14 nitrogen and oxygen atoms in total. The fraction of sp³-hybridized carbons (Fsp3) is 0.321. The molecule has 3 aromatic rings. The molecular weight excluding hydrogens is 548 g/mol. The molecule has 11 N–H and O–H groups in total. The Balaban J connectivity index is 1.81. The number of para-hydroxylation sites is 1. The fourth-order valence-electron chi connectivity index (χ4n) is 4.27. The lowest BCUT2D eigenvalue weighted by atomic mass is 10.0. The minimum atomic E-state index is -1.62. The monoisotopic (exact) mass is 582 g/mol. The number of rotatable bonds is 15. The van der Waals surface area contributed by atoms with Crippen molar-refractivity contribution in [3.63, 3.8) is 0 Å². The number of benzene rings is 2. The van der Waals surface area contributed by atoms with Gasteiger partial charge in [-0.1, -0.05) is 30.3 Å². The zero-order valence-corrected chi connectivity index (χ0v) is 22.6. The van der Waals surface area contributed by atoms with Crippen molar-refractivity contribution in [3.8, 4) is 5.75 Å². The molecule has 0 saturated carbocycles.